The van der Waals surface area contributed by atoms with E-state index in [0.717, 1.165) is 29.7 Å². The normalized spacial score (nSPS) is 18.5. The van der Waals surface area contributed by atoms with E-state index in [-0.39, 0.29) is 16.9 Å². The zero-order valence-electron chi connectivity index (χ0n) is 17.8. The number of hydrogen-bond acceptors (Lipinski definition) is 3. The lowest BCUT2D eigenvalue weighted by atomic mass is 9.86. The van der Waals surface area contributed by atoms with E-state index in [1.54, 1.807) is 0 Å². The molecule has 0 atom stereocenters. The van der Waals surface area contributed by atoms with E-state index in [9.17, 15) is 4.79 Å². The number of likely N-dealkylation sites (tertiary alicyclic amines) is 1. The number of aryl methyl sites for hydroxylation is 1. The van der Waals surface area contributed by atoms with Gasteiger partial charge in [-0.2, -0.15) is 0 Å². The molecule has 4 rings (SSSR count). The lowest BCUT2D eigenvalue weighted by Gasteiger charge is -2.36. The molecule has 1 fully saturated rings. The molecule has 4 nitrogen and oxygen atoms in total. The Hall–Kier alpha value is -2.59. The van der Waals surface area contributed by atoms with Gasteiger partial charge in [0.2, 0.25) is 0 Å². The van der Waals surface area contributed by atoms with Crippen molar-refractivity contribution in [2.75, 3.05) is 13.1 Å². The van der Waals surface area contributed by atoms with E-state index >= 15 is 0 Å². The Morgan fingerprint density at radius 2 is 1.62 bits per heavy atom. The fourth-order valence-corrected chi connectivity index (χ4v) is 3.98. The molecule has 2 aliphatic heterocycles. The average Bonchev–Trinajstić information content (AvgIpc) is 3.11. The molecule has 0 unspecified atom stereocenters. The van der Waals surface area contributed by atoms with Crippen LogP contribution < -0.4 is 5.48 Å². The standard InChI is InChI=1S/C25H30N2O2/c1-18-5-7-19(8-6-18)22-17-25(29-26-22)13-15-27(16-14-25)23(28)20-9-11-21(12-10-20)24(2,3)4/h5-12,17,26H,13-16H2,1-4H3. The van der Waals surface area contributed by atoms with Crippen LogP contribution in [0.5, 0.6) is 0 Å². The molecule has 4 heteroatoms. The number of rotatable bonds is 2. The summed E-state index contributed by atoms with van der Waals surface area (Å²) in [5, 5.41) is 0. The summed E-state index contributed by atoms with van der Waals surface area (Å²) < 4.78 is 0. The SMILES string of the molecule is Cc1ccc(C2=CC3(CCN(C(=O)c4ccc(C(C)(C)C)cc4)CC3)ON2)cc1. The minimum Gasteiger partial charge on any atom is -0.338 e. The van der Waals surface area contributed by atoms with E-state index in [1.165, 1.54) is 11.1 Å². The van der Waals surface area contributed by atoms with Gasteiger partial charge in [-0.15, -0.1) is 0 Å². The predicted molar refractivity (Wildman–Crippen MR) is 116 cm³/mol. The highest BCUT2D eigenvalue weighted by atomic mass is 16.7. The lowest BCUT2D eigenvalue weighted by Crippen LogP contribution is -2.46. The molecule has 1 saturated heterocycles. The average molecular weight is 391 g/mol. The van der Waals surface area contributed by atoms with E-state index in [0.29, 0.717) is 13.1 Å². The van der Waals surface area contributed by atoms with Crippen LogP contribution >= 0.6 is 0 Å². The maximum atomic E-state index is 12.9. The van der Waals surface area contributed by atoms with Gasteiger partial charge in [-0.3, -0.25) is 15.1 Å². The minimum atomic E-state index is -0.326. The molecular weight excluding hydrogens is 360 g/mol. The highest BCUT2D eigenvalue weighted by Crippen LogP contribution is 2.35. The van der Waals surface area contributed by atoms with E-state index in [2.05, 4.69) is 75.6 Å². The molecule has 0 bridgehead atoms. The number of piperidine rings is 1. The highest BCUT2D eigenvalue weighted by molar-refractivity contribution is 5.94. The molecule has 29 heavy (non-hydrogen) atoms. The topological polar surface area (TPSA) is 41.6 Å². The Balaban J connectivity index is 1.41. The van der Waals surface area contributed by atoms with Crippen LogP contribution in [0, 0.1) is 6.92 Å². The highest BCUT2D eigenvalue weighted by Gasteiger charge is 2.40. The van der Waals surface area contributed by atoms with Gasteiger partial charge in [0.25, 0.3) is 5.91 Å². The first-order valence-electron chi connectivity index (χ1n) is 10.4. The van der Waals surface area contributed by atoms with E-state index in [1.807, 2.05) is 17.0 Å². The number of nitrogens with zero attached hydrogens (tertiary/aromatic N) is 1. The number of hydroxylamine groups is 1. The van der Waals surface area contributed by atoms with Gasteiger partial charge in [0.15, 0.2) is 0 Å². The van der Waals surface area contributed by atoms with Crippen LogP contribution in [0.2, 0.25) is 0 Å². The number of hydrogen-bond donors (Lipinski definition) is 1. The van der Waals surface area contributed by atoms with Crippen LogP contribution in [0.25, 0.3) is 5.70 Å². The second-order valence-corrected chi connectivity index (χ2v) is 9.31. The molecular formula is C25H30N2O2. The van der Waals surface area contributed by atoms with Crippen LogP contribution in [0.4, 0.5) is 0 Å². The van der Waals surface area contributed by atoms with Gasteiger partial charge in [-0.1, -0.05) is 62.7 Å². The van der Waals surface area contributed by atoms with Gasteiger partial charge in [0, 0.05) is 31.5 Å². The summed E-state index contributed by atoms with van der Waals surface area (Å²) in [5.41, 5.74) is 8.26. The molecule has 0 aliphatic carbocycles. The Bertz CT molecular complexity index is 913. The third-order valence-corrected chi connectivity index (χ3v) is 6.03. The van der Waals surface area contributed by atoms with Gasteiger partial charge in [-0.05, 0) is 41.7 Å². The van der Waals surface area contributed by atoms with Gasteiger partial charge in [-0.25, -0.2) is 0 Å². The maximum Gasteiger partial charge on any atom is 0.253 e. The second-order valence-electron chi connectivity index (χ2n) is 9.31. The summed E-state index contributed by atoms with van der Waals surface area (Å²) in [4.78, 5) is 20.9. The molecule has 2 aromatic rings. The summed E-state index contributed by atoms with van der Waals surface area (Å²) >= 11 is 0. The van der Waals surface area contributed by atoms with Gasteiger partial charge < -0.3 is 4.90 Å². The molecule has 0 saturated carbocycles. The largest absolute Gasteiger partial charge is 0.338 e. The van der Waals surface area contributed by atoms with Crippen LogP contribution in [0.3, 0.4) is 0 Å². The van der Waals surface area contributed by atoms with Gasteiger partial charge in [0.1, 0.15) is 5.60 Å². The molecule has 0 radical (unpaired) electrons. The quantitative estimate of drug-likeness (QED) is 0.797. The summed E-state index contributed by atoms with van der Waals surface area (Å²) in [6.45, 7) is 10.0. The van der Waals surface area contributed by atoms with Crippen molar-refractivity contribution < 1.29 is 9.63 Å². The third-order valence-electron chi connectivity index (χ3n) is 6.03. The number of carbonyl (C=O) groups excluding carboxylic acids is 1. The van der Waals surface area contributed by atoms with Crippen molar-refractivity contribution in [2.24, 2.45) is 0 Å². The Kier molecular flexibility index (Phi) is 4.99. The van der Waals surface area contributed by atoms with Crippen molar-refractivity contribution in [3.8, 4) is 0 Å². The molecule has 152 valence electrons. The van der Waals surface area contributed by atoms with Gasteiger partial charge in [0.05, 0.1) is 5.70 Å². The first-order valence-corrected chi connectivity index (χ1v) is 10.4. The van der Waals surface area contributed by atoms with E-state index in [4.69, 9.17) is 4.84 Å². The fraction of sp³-hybridized carbons (Fsp3) is 0.400. The maximum absolute atomic E-state index is 12.9. The number of amides is 1. The molecule has 2 heterocycles. The van der Waals surface area contributed by atoms with Crippen LogP contribution in [-0.4, -0.2) is 29.5 Å². The van der Waals surface area contributed by atoms with Gasteiger partial charge >= 0.3 is 0 Å². The summed E-state index contributed by atoms with van der Waals surface area (Å²) in [7, 11) is 0. The molecule has 2 aliphatic rings. The first-order chi connectivity index (χ1) is 13.8. The van der Waals surface area contributed by atoms with Crippen LogP contribution in [-0.2, 0) is 10.3 Å². The zero-order chi connectivity index (χ0) is 20.6. The predicted octanol–water partition coefficient (Wildman–Crippen LogP) is 4.84. The zero-order valence-corrected chi connectivity index (χ0v) is 17.8. The van der Waals surface area contributed by atoms with Crippen LogP contribution in [0.15, 0.2) is 54.6 Å². The van der Waals surface area contributed by atoms with Crippen molar-refractivity contribution >= 4 is 11.6 Å². The molecule has 1 amide bonds. The fourth-order valence-electron chi connectivity index (χ4n) is 3.98. The number of nitrogens with one attached hydrogen (secondary N) is 1. The first kappa shape index (κ1) is 19.7. The molecule has 2 aromatic carbocycles. The summed E-state index contributed by atoms with van der Waals surface area (Å²) in [6.07, 6.45) is 3.78. The minimum absolute atomic E-state index is 0.0907. The van der Waals surface area contributed by atoms with Crippen molar-refractivity contribution in [1.29, 1.82) is 0 Å². The van der Waals surface area contributed by atoms with Crippen molar-refractivity contribution in [2.45, 2.75) is 51.6 Å². The van der Waals surface area contributed by atoms with Crippen LogP contribution in [0.1, 0.15) is 60.7 Å². The Morgan fingerprint density at radius 1 is 1.00 bits per heavy atom. The summed E-state index contributed by atoms with van der Waals surface area (Å²) in [5.74, 6) is 0.106. The monoisotopic (exact) mass is 390 g/mol. The number of benzene rings is 2. The van der Waals surface area contributed by atoms with Crippen molar-refractivity contribution in [1.82, 2.24) is 10.4 Å². The lowest BCUT2D eigenvalue weighted by molar-refractivity contribution is -0.0652. The van der Waals surface area contributed by atoms with Crippen molar-refractivity contribution in [3.63, 3.8) is 0 Å². The molecule has 1 spiro atoms. The third kappa shape index (κ3) is 4.08. The van der Waals surface area contributed by atoms with Crippen molar-refractivity contribution in [3.05, 3.63) is 76.9 Å². The van der Waals surface area contributed by atoms with E-state index < -0.39 is 0 Å². The Morgan fingerprint density at radius 3 is 2.21 bits per heavy atom. The summed E-state index contributed by atoms with van der Waals surface area (Å²) in [6, 6.07) is 16.5. The Labute approximate surface area is 173 Å². The molecule has 1 N–H and O–H groups in total. The number of carbonyl (C=O) groups is 1. The molecule has 0 aromatic heterocycles. The smallest absolute Gasteiger partial charge is 0.253 e. The second kappa shape index (κ2) is 7.34.